The van der Waals surface area contributed by atoms with Crippen molar-refractivity contribution >= 4 is 17.3 Å². The van der Waals surface area contributed by atoms with E-state index >= 15 is 0 Å². The van der Waals surface area contributed by atoms with E-state index in [-0.39, 0.29) is 11.8 Å². The highest BCUT2D eigenvalue weighted by Gasteiger charge is 2.25. The van der Waals surface area contributed by atoms with Crippen molar-refractivity contribution < 1.29 is 9.90 Å². The van der Waals surface area contributed by atoms with Crippen LogP contribution in [0.25, 0.3) is 10.7 Å². The minimum atomic E-state index is -0.832. The number of hydrogen-bond donors (Lipinski definition) is 1. The van der Waals surface area contributed by atoms with Crippen molar-refractivity contribution in [1.29, 1.82) is 0 Å². The second-order valence-corrected chi connectivity index (χ2v) is 6.41. The maximum Gasteiger partial charge on any atom is 0.308 e. The summed E-state index contributed by atoms with van der Waals surface area (Å²) in [6, 6.07) is 5.63. The molecule has 2 rings (SSSR count). The molecule has 0 unspecified atom stereocenters. The van der Waals surface area contributed by atoms with Gasteiger partial charge < -0.3 is 5.11 Å². The van der Waals surface area contributed by atoms with Crippen LogP contribution in [-0.2, 0) is 16.6 Å². The van der Waals surface area contributed by atoms with E-state index in [1.54, 1.807) is 6.20 Å². The van der Waals surface area contributed by atoms with Gasteiger partial charge in [0, 0.05) is 16.5 Å². The number of thiazole rings is 1. The Balaban J connectivity index is 2.49. The van der Waals surface area contributed by atoms with E-state index in [9.17, 15) is 4.79 Å². The summed E-state index contributed by atoms with van der Waals surface area (Å²) in [6.07, 6.45) is 1.72. The number of pyridine rings is 1. The number of nitrogens with zero attached hydrogens (tertiary/aromatic N) is 2. The Bertz CT molecular complexity index is 585. The predicted molar refractivity (Wildman–Crippen MR) is 75.4 cm³/mol. The van der Waals surface area contributed by atoms with E-state index in [0.29, 0.717) is 0 Å². The van der Waals surface area contributed by atoms with E-state index in [1.165, 1.54) is 11.3 Å². The molecule has 1 N–H and O–H groups in total. The van der Waals surface area contributed by atoms with Crippen LogP contribution in [-0.4, -0.2) is 21.0 Å². The molecule has 0 amide bonds. The van der Waals surface area contributed by atoms with Gasteiger partial charge in [-0.15, -0.1) is 11.3 Å². The lowest BCUT2D eigenvalue weighted by atomic mass is 9.91. The lowest BCUT2D eigenvalue weighted by Gasteiger charge is -2.16. The van der Waals surface area contributed by atoms with Gasteiger partial charge in [0.25, 0.3) is 0 Å². The molecule has 0 aromatic carbocycles. The number of rotatable bonds is 3. The van der Waals surface area contributed by atoms with Crippen molar-refractivity contribution in [1.82, 2.24) is 9.97 Å². The number of carbonyl (C=O) groups is 1. The fourth-order valence-electron chi connectivity index (χ4n) is 1.79. The van der Waals surface area contributed by atoms with Crippen LogP contribution in [0.3, 0.4) is 0 Å². The fraction of sp³-hybridized carbons (Fsp3) is 0.357. The van der Waals surface area contributed by atoms with E-state index in [4.69, 9.17) is 5.11 Å². The van der Waals surface area contributed by atoms with E-state index in [2.05, 4.69) is 9.97 Å². The van der Waals surface area contributed by atoms with Crippen LogP contribution < -0.4 is 0 Å². The van der Waals surface area contributed by atoms with Gasteiger partial charge >= 0.3 is 5.97 Å². The highest BCUT2D eigenvalue weighted by atomic mass is 32.1. The fourth-order valence-corrected chi connectivity index (χ4v) is 3.03. The standard InChI is InChI=1S/C14H16N2O2S/c1-14(2,3)12-10(8-11(17)18)19-13(16-12)9-6-4-5-7-15-9/h4-7H,8H2,1-3H3,(H,17,18). The first-order chi connectivity index (χ1) is 8.88. The molecule has 0 saturated heterocycles. The van der Waals surface area contributed by atoms with Gasteiger partial charge in [-0.1, -0.05) is 26.8 Å². The Morgan fingerprint density at radius 3 is 2.63 bits per heavy atom. The van der Waals surface area contributed by atoms with Crippen molar-refractivity contribution in [2.24, 2.45) is 0 Å². The van der Waals surface area contributed by atoms with Crippen molar-refractivity contribution in [2.75, 3.05) is 0 Å². The first kappa shape index (κ1) is 13.7. The highest BCUT2D eigenvalue weighted by Crippen LogP contribution is 2.33. The molecule has 2 heterocycles. The van der Waals surface area contributed by atoms with E-state index in [1.807, 2.05) is 39.0 Å². The van der Waals surface area contributed by atoms with Crippen LogP contribution in [0.2, 0.25) is 0 Å². The van der Waals surface area contributed by atoms with Crippen LogP contribution in [0.15, 0.2) is 24.4 Å². The van der Waals surface area contributed by atoms with Crippen LogP contribution in [0, 0.1) is 0 Å². The Kier molecular flexibility index (Phi) is 3.66. The normalized spacial score (nSPS) is 11.5. The average Bonchev–Trinajstić information content (AvgIpc) is 2.73. The highest BCUT2D eigenvalue weighted by molar-refractivity contribution is 7.15. The second-order valence-electron chi connectivity index (χ2n) is 5.33. The first-order valence-corrected chi connectivity index (χ1v) is 6.83. The summed E-state index contributed by atoms with van der Waals surface area (Å²) in [5.41, 5.74) is 1.46. The molecule has 0 aliphatic rings. The molecule has 2 aromatic rings. The Labute approximate surface area is 116 Å². The van der Waals surface area contributed by atoms with Crippen LogP contribution in [0.5, 0.6) is 0 Å². The maximum atomic E-state index is 11.0. The van der Waals surface area contributed by atoms with Crippen molar-refractivity contribution in [3.63, 3.8) is 0 Å². The summed E-state index contributed by atoms with van der Waals surface area (Å²) in [5, 5.41) is 9.78. The van der Waals surface area contributed by atoms with Crippen LogP contribution >= 0.6 is 11.3 Å². The zero-order valence-electron chi connectivity index (χ0n) is 11.2. The monoisotopic (exact) mass is 276 g/mol. The average molecular weight is 276 g/mol. The molecule has 0 saturated carbocycles. The third-order valence-corrected chi connectivity index (χ3v) is 3.68. The maximum absolute atomic E-state index is 11.0. The minimum Gasteiger partial charge on any atom is -0.481 e. The molecule has 0 radical (unpaired) electrons. The van der Waals surface area contributed by atoms with Gasteiger partial charge in [-0.05, 0) is 12.1 Å². The SMILES string of the molecule is CC(C)(C)c1nc(-c2ccccn2)sc1CC(=O)O. The van der Waals surface area contributed by atoms with Crippen molar-refractivity contribution in [3.05, 3.63) is 35.0 Å². The first-order valence-electron chi connectivity index (χ1n) is 6.01. The van der Waals surface area contributed by atoms with E-state index in [0.717, 1.165) is 21.3 Å². The van der Waals surface area contributed by atoms with Gasteiger partial charge in [-0.25, -0.2) is 4.98 Å². The Morgan fingerprint density at radius 1 is 1.37 bits per heavy atom. The second kappa shape index (κ2) is 5.09. The number of aliphatic carboxylic acids is 1. The van der Waals surface area contributed by atoms with Crippen molar-refractivity contribution in [2.45, 2.75) is 32.6 Å². The number of carboxylic acid groups (broad SMARTS) is 1. The molecule has 19 heavy (non-hydrogen) atoms. The largest absolute Gasteiger partial charge is 0.481 e. The van der Waals surface area contributed by atoms with Gasteiger partial charge in [0.1, 0.15) is 5.01 Å². The third-order valence-electron chi connectivity index (χ3n) is 2.60. The minimum absolute atomic E-state index is 0.0110. The van der Waals surface area contributed by atoms with E-state index < -0.39 is 5.97 Å². The molecule has 4 nitrogen and oxygen atoms in total. The smallest absolute Gasteiger partial charge is 0.308 e. The lowest BCUT2D eigenvalue weighted by molar-refractivity contribution is -0.136. The summed E-state index contributed by atoms with van der Waals surface area (Å²) in [7, 11) is 0. The number of aromatic nitrogens is 2. The molecule has 0 bridgehead atoms. The zero-order chi connectivity index (χ0) is 14.0. The Morgan fingerprint density at radius 2 is 2.11 bits per heavy atom. The molecule has 0 aliphatic heterocycles. The van der Waals surface area contributed by atoms with Crippen LogP contribution in [0.1, 0.15) is 31.3 Å². The molecule has 100 valence electrons. The molecule has 0 spiro atoms. The van der Waals surface area contributed by atoms with Gasteiger partial charge in [-0.3, -0.25) is 9.78 Å². The lowest BCUT2D eigenvalue weighted by Crippen LogP contribution is -2.15. The summed E-state index contributed by atoms with van der Waals surface area (Å²) in [4.78, 5) is 20.6. The quantitative estimate of drug-likeness (QED) is 0.935. The molecular formula is C14H16N2O2S. The van der Waals surface area contributed by atoms with Gasteiger partial charge in [0.05, 0.1) is 17.8 Å². The summed E-state index contributed by atoms with van der Waals surface area (Å²) in [5.74, 6) is -0.832. The number of hydrogen-bond acceptors (Lipinski definition) is 4. The summed E-state index contributed by atoms with van der Waals surface area (Å²) < 4.78 is 0. The molecule has 2 aromatic heterocycles. The summed E-state index contributed by atoms with van der Waals surface area (Å²) >= 11 is 1.41. The van der Waals surface area contributed by atoms with Crippen LogP contribution in [0.4, 0.5) is 0 Å². The predicted octanol–water partition coefficient (Wildman–Crippen LogP) is 3.13. The molecule has 0 atom stereocenters. The molecule has 5 heteroatoms. The number of carboxylic acids is 1. The van der Waals surface area contributed by atoms with Gasteiger partial charge in [-0.2, -0.15) is 0 Å². The molecule has 0 aliphatic carbocycles. The third kappa shape index (κ3) is 3.17. The Hall–Kier alpha value is -1.75. The summed E-state index contributed by atoms with van der Waals surface area (Å²) in [6.45, 7) is 6.11. The molecular weight excluding hydrogens is 260 g/mol. The van der Waals surface area contributed by atoms with Gasteiger partial charge in [0.2, 0.25) is 0 Å². The zero-order valence-corrected chi connectivity index (χ0v) is 12.0. The topological polar surface area (TPSA) is 63.1 Å². The van der Waals surface area contributed by atoms with Gasteiger partial charge in [0.15, 0.2) is 0 Å². The van der Waals surface area contributed by atoms with Crippen molar-refractivity contribution in [3.8, 4) is 10.7 Å². The molecule has 0 fully saturated rings.